The van der Waals surface area contributed by atoms with Gasteiger partial charge in [0.15, 0.2) is 0 Å². The predicted octanol–water partition coefficient (Wildman–Crippen LogP) is 4.22. The van der Waals surface area contributed by atoms with Crippen LogP contribution in [0.25, 0.3) is 0 Å². The Kier molecular flexibility index (Phi) is 6.09. The molecule has 2 saturated carbocycles. The minimum atomic E-state index is -0.684. The second-order valence-corrected chi connectivity index (χ2v) is 7.85. The molecular formula is C18H33NO2. The molecule has 2 atom stereocenters. The maximum Gasteiger partial charge on any atom is 0.309 e. The average molecular weight is 295 g/mol. The van der Waals surface area contributed by atoms with Crippen LogP contribution in [0.15, 0.2) is 0 Å². The van der Waals surface area contributed by atoms with Crippen molar-refractivity contribution < 1.29 is 9.90 Å². The summed E-state index contributed by atoms with van der Waals surface area (Å²) in [6, 6.07) is 0.631. The Labute approximate surface area is 129 Å². The van der Waals surface area contributed by atoms with Crippen LogP contribution < -0.4 is 5.32 Å². The largest absolute Gasteiger partial charge is 0.481 e. The Morgan fingerprint density at radius 3 is 2.33 bits per heavy atom. The SMILES string of the molecule is CC(C)(CCNC1CCCCC1C1CCCCC1)C(=O)O. The zero-order valence-corrected chi connectivity index (χ0v) is 13.9. The van der Waals surface area contributed by atoms with Gasteiger partial charge in [-0.05, 0) is 51.5 Å². The van der Waals surface area contributed by atoms with E-state index in [9.17, 15) is 9.90 Å². The summed E-state index contributed by atoms with van der Waals surface area (Å²) in [5.74, 6) is 1.08. The predicted molar refractivity (Wildman–Crippen MR) is 86.4 cm³/mol. The van der Waals surface area contributed by atoms with Gasteiger partial charge in [-0.3, -0.25) is 4.79 Å². The average Bonchev–Trinajstić information content (AvgIpc) is 2.48. The molecule has 2 unspecified atom stereocenters. The summed E-state index contributed by atoms with van der Waals surface area (Å²) in [5, 5.41) is 12.9. The van der Waals surface area contributed by atoms with Crippen LogP contribution in [-0.4, -0.2) is 23.7 Å². The highest BCUT2D eigenvalue weighted by Crippen LogP contribution is 2.38. The summed E-state index contributed by atoms with van der Waals surface area (Å²) < 4.78 is 0. The van der Waals surface area contributed by atoms with Gasteiger partial charge in [-0.15, -0.1) is 0 Å². The van der Waals surface area contributed by atoms with E-state index in [-0.39, 0.29) is 0 Å². The molecule has 2 N–H and O–H groups in total. The Morgan fingerprint density at radius 1 is 1.05 bits per heavy atom. The number of carboxylic acids is 1. The van der Waals surface area contributed by atoms with E-state index >= 15 is 0 Å². The van der Waals surface area contributed by atoms with Crippen molar-refractivity contribution in [2.24, 2.45) is 17.3 Å². The first-order chi connectivity index (χ1) is 10.0. The Hall–Kier alpha value is -0.570. The number of aliphatic carboxylic acids is 1. The van der Waals surface area contributed by atoms with E-state index in [1.165, 1.54) is 57.8 Å². The van der Waals surface area contributed by atoms with E-state index in [1.54, 1.807) is 0 Å². The van der Waals surface area contributed by atoms with E-state index in [0.29, 0.717) is 6.04 Å². The summed E-state index contributed by atoms with van der Waals surface area (Å²) in [6.07, 6.45) is 13.2. The Morgan fingerprint density at radius 2 is 1.67 bits per heavy atom. The van der Waals surface area contributed by atoms with Crippen LogP contribution in [0.1, 0.15) is 78.1 Å². The van der Waals surface area contributed by atoms with Gasteiger partial charge >= 0.3 is 5.97 Å². The number of carbonyl (C=O) groups is 1. The molecule has 0 aliphatic heterocycles. The van der Waals surface area contributed by atoms with Crippen molar-refractivity contribution >= 4 is 5.97 Å². The van der Waals surface area contributed by atoms with Gasteiger partial charge < -0.3 is 10.4 Å². The molecule has 0 saturated heterocycles. The molecule has 0 heterocycles. The molecule has 0 bridgehead atoms. The van der Waals surface area contributed by atoms with Gasteiger partial charge in [0.25, 0.3) is 0 Å². The molecule has 0 aromatic rings. The number of rotatable bonds is 6. The fourth-order valence-corrected chi connectivity index (χ4v) is 4.22. The highest BCUT2D eigenvalue weighted by Gasteiger charge is 2.33. The van der Waals surface area contributed by atoms with Gasteiger partial charge in [0, 0.05) is 6.04 Å². The van der Waals surface area contributed by atoms with E-state index in [2.05, 4.69) is 5.32 Å². The van der Waals surface area contributed by atoms with Gasteiger partial charge in [-0.2, -0.15) is 0 Å². The van der Waals surface area contributed by atoms with Crippen molar-refractivity contribution in [2.45, 2.75) is 84.1 Å². The molecule has 2 fully saturated rings. The van der Waals surface area contributed by atoms with Crippen LogP contribution in [0.2, 0.25) is 0 Å². The van der Waals surface area contributed by atoms with Gasteiger partial charge in [0.2, 0.25) is 0 Å². The Balaban J connectivity index is 1.83. The van der Waals surface area contributed by atoms with E-state index in [1.807, 2.05) is 13.8 Å². The highest BCUT2D eigenvalue weighted by molar-refractivity contribution is 5.73. The van der Waals surface area contributed by atoms with Gasteiger partial charge in [-0.25, -0.2) is 0 Å². The normalized spacial score (nSPS) is 28.5. The van der Waals surface area contributed by atoms with E-state index in [0.717, 1.165) is 24.8 Å². The van der Waals surface area contributed by atoms with Crippen molar-refractivity contribution in [1.82, 2.24) is 5.32 Å². The van der Waals surface area contributed by atoms with Crippen molar-refractivity contribution in [2.75, 3.05) is 6.54 Å². The molecule has 122 valence electrons. The quantitative estimate of drug-likeness (QED) is 0.771. The van der Waals surface area contributed by atoms with Crippen LogP contribution in [0.5, 0.6) is 0 Å². The molecule has 21 heavy (non-hydrogen) atoms. The van der Waals surface area contributed by atoms with Crippen LogP contribution in [0.3, 0.4) is 0 Å². The topological polar surface area (TPSA) is 49.3 Å². The highest BCUT2D eigenvalue weighted by atomic mass is 16.4. The lowest BCUT2D eigenvalue weighted by molar-refractivity contribution is -0.147. The molecule has 0 aromatic heterocycles. The van der Waals surface area contributed by atoms with Crippen LogP contribution >= 0.6 is 0 Å². The second kappa shape index (κ2) is 7.62. The first-order valence-corrected chi connectivity index (χ1v) is 8.97. The van der Waals surface area contributed by atoms with E-state index < -0.39 is 11.4 Å². The van der Waals surface area contributed by atoms with Gasteiger partial charge in [0.1, 0.15) is 0 Å². The smallest absolute Gasteiger partial charge is 0.309 e. The van der Waals surface area contributed by atoms with Crippen LogP contribution in [0.4, 0.5) is 0 Å². The minimum absolute atomic E-state index is 0.609. The molecule has 3 nitrogen and oxygen atoms in total. The van der Waals surface area contributed by atoms with Gasteiger partial charge in [-0.1, -0.05) is 44.9 Å². The molecule has 0 spiro atoms. The van der Waals surface area contributed by atoms with Gasteiger partial charge in [0.05, 0.1) is 5.41 Å². The summed E-state index contributed by atoms with van der Waals surface area (Å²) >= 11 is 0. The zero-order valence-electron chi connectivity index (χ0n) is 13.9. The third kappa shape index (κ3) is 4.70. The maximum absolute atomic E-state index is 11.2. The molecule has 2 aliphatic rings. The second-order valence-electron chi connectivity index (χ2n) is 7.85. The first kappa shape index (κ1) is 16.8. The summed E-state index contributed by atoms with van der Waals surface area (Å²) in [4.78, 5) is 11.2. The molecular weight excluding hydrogens is 262 g/mol. The van der Waals surface area contributed by atoms with Crippen LogP contribution in [0, 0.1) is 17.3 Å². The lowest BCUT2D eigenvalue weighted by Gasteiger charge is -2.40. The summed E-state index contributed by atoms with van der Waals surface area (Å²) in [5.41, 5.74) is -0.609. The summed E-state index contributed by atoms with van der Waals surface area (Å²) in [6.45, 7) is 4.50. The molecule has 3 heteroatoms. The number of carboxylic acid groups (broad SMARTS) is 1. The number of nitrogens with one attached hydrogen (secondary N) is 1. The van der Waals surface area contributed by atoms with Crippen molar-refractivity contribution in [3.8, 4) is 0 Å². The van der Waals surface area contributed by atoms with Crippen LogP contribution in [-0.2, 0) is 4.79 Å². The fourth-order valence-electron chi connectivity index (χ4n) is 4.22. The molecule has 2 rings (SSSR count). The number of hydrogen-bond donors (Lipinski definition) is 2. The summed E-state index contributed by atoms with van der Waals surface area (Å²) in [7, 11) is 0. The standard InChI is InChI=1S/C18H33NO2/c1-18(2,17(20)21)12-13-19-16-11-7-6-10-15(16)14-8-4-3-5-9-14/h14-16,19H,3-13H2,1-2H3,(H,20,21). The fraction of sp³-hybridized carbons (Fsp3) is 0.944. The monoisotopic (exact) mass is 295 g/mol. The minimum Gasteiger partial charge on any atom is -0.481 e. The van der Waals surface area contributed by atoms with Crippen molar-refractivity contribution in [3.05, 3.63) is 0 Å². The molecule has 0 aromatic carbocycles. The van der Waals surface area contributed by atoms with Crippen molar-refractivity contribution in [3.63, 3.8) is 0 Å². The lowest BCUT2D eigenvalue weighted by atomic mass is 9.71. The number of hydrogen-bond acceptors (Lipinski definition) is 2. The van der Waals surface area contributed by atoms with Crippen molar-refractivity contribution in [1.29, 1.82) is 0 Å². The first-order valence-electron chi connectivity index (χ1n) is 8.97. The molecule has 2 aliphatic carbocycles. The zero-order chi connectivity index (χ0) is 15.3. The molecule has 0 radical (unpaired) electrons. The third-order valence-corrected chi connectivity index (χ3v) is 5.81. The third-order valence-electron chi connectivity index (χ3n) is 5.81. The Bertz CT molecular complexity index is 334. The molecule has 0 amide bonds. The maximum atomic E-state index is 11.2. The lowest BCUT2D eigenvalue weighted by Crippen LogP contribution is -2.44. The van der Waals surface area contributed by atoms with E-state index in [4.69, 9.17) is 0 Å².